The third-order valence-electron chi connectivity index (χ3n) is 8.97. The van der Waals surface area contributed by atoms with E-state index in [9.17, 15) is 27.9 Å². The quantitative estimate of drug-likeness (QED) is 0.366. The Labute approximate surface area is 271 Å². The van der Waals surface area contributed by atoms with Crippen LogP contribution in [-0.4, -0.2) is 100 Å². The standard InChI is InChI=1S/C31H35Cl2N5O6S/c1-31(2,3)27(35-28(40)24-10-17-6-4-5-7-23(17)34-24)30(42)37-15-19-12-20(37)14-36(19)29(41)25-13-21(39)16-38(25)45(43,44)26-11-18(32)8-9-22(26)33/h4-11,19-21,25,27,34,39H,12-16H2,1-3H3,(H,35,40)/t19-,20-,21+,25-,27?/m0/s1. The minimum Gasteiger partial charge on any atom is -0.392 e. The lowest BCUT2D eigenvalue weighted by atomic mass is 9.85. The van der Waals surface area contributed by atoms with E-state index in [4.69, 9.17) is 23.2 Å². The molecule has 3 saturated heterocycles. The van der Waals surface area contributed by atoms with Crippen molar-refractivity contribution < 1.29 is 27.9 Å². The van der Waals surface area contributed by atoms with Gasteiger partial charge in [-0.2, -0.15) is 4.31 Å². The molecule has 2 aromatic carbocycles. The number of nitrogens with one attached hydrogen (secondary N) is 2. The van der Waals surface area contributed by atoms with Crippen molar-refractivity contribution in [2.24, 2.45) is 5.41 Å². The molecule has 3 amide bonds. The number of carbonyl (C=O) groups is 3. The van der Waals surface area contributed by atoms with Gasteiger partial charge < -0.3 is 25.2 Å². The molecule has 3 aromatic rings. The van der Waals surface area contributed by atoms with E-state index in [2.05, 4.69) is 10.3 Å². The third kappa shape index (κ3) is 5.83. The number of piperazine rings is 1. The first kappa shape index (κ1) is 31.8. The molecule has 3 fully saturated rings. The number of para-hydroxylation sites is 1. The highest BCUT2D eigenvalue weighted by Gasteiger charge is 2.53. The Bertz CT molecular complexity index is 1760. The second-order valence-electron chi connectivity index (χ2n) is 13.1. The van der Waals surface area contributed by atoms with E-state index >= 15 is 0 Å². The molecule has 4 heterocycles. The number of benzene rings is 2. The highest BCUT2D eigenvalue weighted by Crippen LogP contribution is 2.37. The second kappa shape index (κ2) is 11.6. The van der Waals surface area contributed by atoms with Gasteiger partial charge in [-0.25, -0.2) is 8.42 Å². The van der Waals surface area contributed by atoms with E-state index in [0.29, 0.717) is 12.1 Å². The van der Waals surface area contributed by atoms with E-state index in [1.165, 1.54) is 18.2 Å². The van der Waals surface area contributed by atoms with Crippen LogP contribution in [0.2, 0.25) is 10.0 Å². The molecule has 0 radical (unpaired) electrons. The normalized spacial score (nSPS) is 24.4. The Balaban J connectivity index is 1.16. The summed E-state index contributed by atoms with van der Waals surface area (Å²) in [6.07, 6.45) is -0.552. The van der Waals surface area contributed by atoms with Crippen molar-refractivity contribution in [1.82, 2.24) is 24.4 Å². The molecule has 0 aliphatic carbocycles. The van der Waals surface area contributed by atoms with Crippen LogP contribution in [0.4, 0.5) is 0 Å². The number of likely N-dealkylation sites (tertiary alicyclic amines) is 2. The summed E-state index contributed by atoms with van der Waals surface area (Å²) in [6, 6.07) is 10.8. The predicted octanol–water partition coefficient (Wildman–Crippen LogP) is 3.26. The molecule has 14 heteroatoms. The number of sulfonamides is 1. The summed E-state index contributed by atoms with van der Waals surface area (Å²) in [6.45, 7) is 5.89. The number of hydrogen-bond donors (Lipinski definition) is 3. The van der Waals surface area contributed by atoms with E-state index < -0.39 is 39.5 Å². The second-order valence-corrected chi connectivity index (χ2v) is 15.8. The zero-order valence-corrected chi connectivity index (χ0v) is 27.4. The first-order valence-electron chi connectivity index (χ1n) is 14.8. The van der Waals surface area contributed by atoms with Crippen LogP contribution in [0.1, 0.15) is 44.1 Å². The monoisotopic (exact) mass is 675 g/mol. The molecule has 1 aromatic heterocycles. The minimum absolute atomic E-state index is 0.0357. The van der Waals surface area contributed by atoms with Crippen molar-refractivity contribution in [2.45, 2.75) is 68.8 Å². The molecule has 0 saturated carbocycles. The molecule has 3 aliphatic rings. The van der Waals surface area contributed by atoms with Gasteiger partial charge in [0.05, 0.1) is 23.2 Å². The number of aromatic nitrogens is 1. The molecule has 11 nitrogen and oxygen atoms in total. The zero-order valence-electron chi connectivity index (χ0n) is 25.0. The molecule has 45 heavy (non-hydrogen) atoms. The molecule has 6 rings (SSSR count). The minimum atomic E-state index is -4.25. The molecule has 240 valence electrons. The number of rotatable bonds is 6. The number of aliphatic hydroxyl groups is 1. The number of nitrogens with zero attached hydrogens (tertiary/aromatic N) is 3. The number of halogens is 2. The lowest BCUT2D eigenvalue weighted by molar-refractivity contribution is -0.144. The van der Waals surface area contributed by atoms with Gasteiger partial charge in [0.1, 0.15) is 22.7 Å². The fraction of sp³-hybridized carbons (Fsp3) is 0.452. The van der Waals surface area contributed by atoms with E-state index in [1.807, 2.05) is 45.0 Å². The molecular formula is C31H35Cl2N5O6S. The van der Waals surface area contributed by atoms with Crippen molar-refractivity contribution in [3.05, 3.63) is 64.3 Å². The van der Waals surface area contributed by atoms with Gasteiger partial charge in [0.15, 0.2) is 0 Å². The third-order valence-corrected chi connectivity index (χ3v) is 11.6. The summed E-state index contributed by atoms with van der Waals surface area (Å²) in [5.41, 5.74) is 0.571. The van der Waals surface area contributed by atoms with Crippen LogP contribution in [0.5, 0.6) is 0 Å². The van der Waals surface area contributed by atoms with Crippen molar-refractivity contribution in [1.29, 1.82) is 0 Å². The predicted molar refractivity (Wildman–Crippen MR) is 169 cm³/mol. The molecule has 0 spiro atoms. The van der Waals surface area contributed by atoms with E-state index in [-0.39, 0.29) is 64.9 Å². The van der Waals surface area contributed by atoms with Crippen LogP contribution in [0.15, 0.2) is 53.4 Å². The highest BCUT2D eigenvalue weighted by molar-refractivity contribution is 7.89. The maximum atomic E-state index is 14.0. The number of H-pyrrole nitrogens is 1. The molecule has 1 unspecified atom stereocenters. The maximum absolute atomic E-state index is 14.0. The summed E-state index contributed by atoms with van der Waals surface area (Å²) >= 11 is 12.2. The summed E-state index contributed by atoms with van der Waals surface area (Å²) in [5, 5.41) is 14.4. The number of carbonyl (C=O) groups excluding carboxylic acids is 3. The number of aliphatic hydroxyl groups excluding tert-OH is 1. The Morgan fingerprint density at radius 3 is 2.33 bits per heavy atom. The van der Waals surface area contributed by atoms with Crippen molar-refractivity contribution >= 4 is 61.8 Å². The lowest BCUT2D eigenvalue weighted by Gasteiger charge is -2.40. The number of hydrogen-bond acceptors (Lipinski definition) is 6. The lowest BCUT2D eigenvalue weighted by Crippen LogP contribution is -2.60. The summed E-state index contributed by atoms with van der Waals surface area (Å²) in [7, 11) is -4.25. The summed E-state index contributed by atoms with van der Waals surface area (Å²) in [4.78, 5) is 47.3. The van der Waals surface area contributed by atoms with Crippen LogP contribution in [-0.2, 0) is 19.6 Å². The molecular weight excluding hydrogens is 641 g/mol. The van der Waals surface area contributed by atoms with Crippen LogP contribution in [0, 0.1) is 5.41 Å². The maximum Gasteiger partial charge on any atom is 0.268 e. The van der Waals surface area contributed by atoms with Gasteiger partial charge in [-0.3, -0.25) is 14.4 Å². The summed E-state index contributed by atoms with van der Waals surface area (Å²) in [5.74, 6) is -1.04. The van der Waals surface area contributed by atoms with Crippen molar-refractivity contribution in [3.8, 4) is 0 Å². The number of amides is 3. The Kier molecular flexibility index (Phi) is 8.18. The average molecular weight is 677 g/mol. The van der Waals surface area contributed by atoms with Crippen LogP contribution < -0.4 is 5.32 Å². The Hall–Kier alpha value is -3.16. The fourth-order valence-corrected chi connectivity index (χ4v) is 9.06. The smallest absolute Gasteiger partial charge is 0.268 e. The van der Waals surface area contributed by atoms with Gasteiger partial charge in [-0.1, -0.05) is 62.2 Å². The van der Waals surface area contributed by atoms with Gasteiger partial charge in [0.2, 0.25) is 21.8 Å². The Morgan fingerprint density at radius 1 is 0.978 bits per heavy atom. The zero-order chi connectivity index (χ0) is 32.4. The number of aromatic amines is 1. The van der Waals surface area contributed by atoms with Crippen molar-refractivity contribution in [3.63, 3.8) is 0 Å². The average Bonchev–Trinajstić information content (AvgIpc) is 3.78. The van der Waals surface area contributed by atoms with E-state index in [1.54, 1.807) is 15.9 Å². The molecule has 3 N–H and O–H groups in total. The van der Waals surface area contributed by atoms with E-state index in [0.717, 1.165) is 15.2 Å². The number of fused-ring (bicyclic) bond motifs is 3. The fourth-order valence-electron chi connectivity index (χ4n) is 6.69. The molecule has 5 atom stereocenters. The van der Waals surface area contributed by atoms with Crippen molar-refractivity contribution in [2.75, 3.05) is 19.6 Å². The van der Waals surface area contributed by atoms with Gasteiger partial charge in [-0.05, 0) is 42.2 Å². The first-order chi connectivity index (χ1) is 21.1. The van der Waals surface area contributed by atoms with Gasteiger partial charge in [-0.15, -0.1) is 0 Å². The highest BCUT2D eigenvalue weighted by atomic mass is 35.5. The first-order valence-corrected chi connectivity index (χ1v) is 17.0. The summed E-state index contributed by atoms with van der Waals surface area (Å²) < 4.78 is 28.2. The van der Waals surface area contributed by atoms with Crippen LogP contribution >= 0.6 is 23.2 Å². The van der Waals surface area contributed by atoms with Gasteiger partial charge in [0, 0.05) is 42.0 Å². The molecule has 2 bridgehead atoms. The van der Waals surface area contributed by atoms with Gasteiger partial charge in [0.25, 0.3) is 5.91 Å². The largest absolute Gasteiger partial charge is 0.392 e. The topological polar surface area (TPSA) is 143 Å². The number of β-amino-alcohol motifs (C(OH)–C–C–N with tert-alkyl or cyclic N) is 1. The SMILES string of the molecule is CC(C)(C)C(NC(=O)c1cc2ccccc2[nH]1)C(=O)N1C[C@@H]2C[C@H]1CN2C(=O)[C@@H]1C[C@@H](O)CN1S(=O)(=O)c1cc(Cl)ccc1Cl. The Morgan fingerprint density at radius 2 is 1.67 bits per heavy atom. The molecule has 3 aliphatic heterocycles. The van der Waals surface area contributed by atoms with Crippen LogP contribution in [0.25, 0.3) is 10.9 Å². The van der Waals surface area contributed by atoms with Gasteiger partial charge >= 0.3 is 0 Å². The van der Waals surface area contributed by atoms with Crippen LogP contribution in [0.3, 0.4) is 0 Å².